The smallest absolute Gasteiger partial charge is 0.251 e. The first kappa shape index (κ1) is 19.9. The Morgan fingerprint density at radius 1 is 1.17 bits per heavy atom. The molecule has 0 spiro atoms. The van der Waals surface area contributed by atoms with Crippen molar-refractivity contribution in [3.8, 4) is 0 Å². The lowest BCUT2D eigenvalue weighted by atomic mass is 10.1. The maximum atomic E-state index is 11.9. The van der Waals surface area contributed by atoms with Crippen LogP contribution in [0, 0.1) is 12.8 Å². The highest BCUT2D eigenvalue weighted by molar-refractivity contribution is 6.03. The molecule has 1 aliphatic heterocycles. The fourth-order valence-electron chi connectivity index (χ4n) is 2.17. The number of hydrogen-bond donors (Lipinski definition) is 1. The molecule has 5 nitrogen and oxygen atoms in total. The molecule has 1 atom stereocenters. The first-order valence-corrected chi connectivity index (χ1v) is 8.59. The average Bonchev–Trinajstić information content (AvgIpc) is 2.81. The Balaban J connectivity index is 0.000000648. The normalized spacial score (nSPS) is 16.7. The van der Waals surface area contributed by atoms with Gasteiger partial charge in [0.25, 0.3) is 5.91 Å². The van der Waals surface area contributed by atoms with E-state index in [0.29, 0.717) is 5.56 Å². The standard InChI is InChI=1S/C15H18N2O3.C4H10/c1-10-3-5-12(6-4-10)14(19)16-7-8-17-13(18)9-11(2)15(17)20;1-3-4-2/h3-6,11H,7-9H2,1-2H3,(H,16,19);3-4H2,1-2H3. The molecule has 0 saturated carbocycles. The summed E-state index contributed by atoms with van der Waals surface area (Å²) in [4.78, 5) is 36.3. The lowest BCUT2D eigenvalue weighted by Gasteiger charge is -2.14. The molecule has 1 aromatic rings. The van der Waals surface area contributed by atoms with E-state index in [1.54, 1.807) is 19.1 Å². The van der Waals surface area contributed by atoms with Crippen molar-refractivity contribution < 1.29 is 14.4 Å². The summed E-state index contributed by atoms with van der Waals surface area (Å²) >= 11 is 0. The second-order valence-electron chi connectivity index (χ2n) is 6.11. The molecule has 3 amide bonds. The molecule has 2 rings (SSSR count). The average molecular weight is 332 g/mol. The minimum atomic E-state index is -0.240. The third-order valence-electron chi connectivity index (χ3n) is 3.90. The second-order valence-corrected chi connectivity index (χ2v) is 6.11. The van der Waals surface area contributed by atoms with Gasteiger partial charge in [-0.25, -0.2) is 0 Å². The highest BCUT2D eigenvalue weighted by atomic mass is 16.2. The molecule has 0 radical (unpaired) electrons. The van der Waals surface area contributed by atoms with E-state index in [2.05, 4.69) is 19.2 Å². The summed E-state index contributed by atoms with van der Waals surface area (Å²) in [6.45, 7) is 8.56. The van der Waals surface area contributed by atoms with Gasteiger partial charge in [-0.1, -0.05) is 51.3 Å². The largest absolute Gasteiger partial charge is 0.350 e. The van der Waals surface area contributed by atoms with E-state index in [1.165, 1.54) is 17.7 Å². The van der Waals surface area contributed by atoms with E-state index < -0.39 is 0 Å². The molecule has 1 aliphatic rings. The van der Waals surface area contributed by atoms with Crippen molar-refractivity contribution in [3.05, 3.63) is 35.4 Å². The number of carbonyl (C=O) groups excluding carboxylic acids is 3. The van der Waals surface area contributed by atoms with Crippen molar-refractivity contribution in [2.24, 2.45) is 5.92 Å². The quantitative estimate of drug-likeness (QED) is 0.843. The van der Waals surface area contributed by atoms with Crippen molar-refractivity contribution >= 4 is 17.7 Å². The summed E-state index contributed by atoms with van der Waals surface area (Å²) in [5.74, 6) is -0.751. The number of unbranched alkanes of at least 4 members (excludes halogenated alkanes) is 1. The van der Waals surface area contributed by atoms with E-state index in [0.717, 1.165) is 5.56 Å². The zero-order chi connectivity index (χ0) is 18.1. The number of benzene rings is 1. The predicted octanol–water partition coefficient (Wildman–Crippen LogP) is 2.93. The van der Waals surface area contributed by atoms with Gasteiger partial charge in [-0.15, -0.1) is 0 Å². The fourth-order valence-corrected chi connectivity index (χ4v) is 2.17. The Hall–Kier alpha value is -2.17. The first-order valence-electron chi connectivity index (χ1n) is 8.59. The SMILES string of the molecule is CCCC.Cc1ccc(C(=O)NCCN2C(=O)CC(C)C2=O)cc1. The molecule has 1 saturated heterocycles. The Kier molecular flexibility index (Phi) is 8.16. The number of amides is 3. The molecule has 0 aromatic heterocycles. The van der Waals surface area contributed by atoms with Crippen LogP contribution in [0.4, 0.5) is 0 Å². The van der Waals surface area contributed by atoms with Crippen molar-refractivity contribution in [1.82, 2.24) is 10.2 Å². The summed E-state index contributed by atoms with van der Waals surface area (Å²) in [6, 6.07) is 7.23. The lowest BCUT2D eigenvalue weighted by Crippen LogP contribution is -2.38. The summed E-state index contributed by atoms with van der Waals surface area (Å²) in [6.07, 6.45) is 2.91. The first-order chi connectivity index (χ1) is 11.4. The van der Waals surface area contributed by atoms with Gasteiger partial charge in [-0.3, -0.25) is 19.3 Å². The third kappa shape index (κ3) is 5.80. The van der Waals surface area contributed by atoms with Crippen LogP contribution in [-0.2, 0) is 9.59 Å². The number of imide groups is 1. The van der Waals surface area contributed by atoms with Crippen LogP contribution in [-0.4, -0.2) is 35.7 Å². The lowest BCUT2D eigenvalue weighted by molar-refractivity contribution is -0.139. The van der Waals surface area contributed by atoms with Gasteiger partial charge in [0.05, 0.1) is 0 Å². The molecule has 24 heavy (non-hydrogen) atoms. The number of likely N-dealkylation sites (tertiary alicyclic amines) is 1. The number of rotatable bonds is 5. The Bertz CT molecular complexity index is 564. The van der Waals surface area contributed by atoms with E-state index in [4.69, 9.17) is 0 Å². The fraction of sp³-hybridized carbons (Fsp3) is 0.526. The van der Waals surface area contributed by atoms with Crippen LogP contribution in [0.5, 0.6) is 0 Å². The number of carbonyl (C=O) groups is 3. The van der Waals surface area contributed by atoms with Crippen LogP contribution in [0.15, 0.2) is 24.3 Å². The molecule has 0 bridgehead atoms. The highest BCUT2D eigenvalue weighted by Crippen LogP contribution is 2.17. The second kappa shape index (κ2) is 9.85. The van der Waals surface area contributed by atoms with Gasteiger partial charge in [-0.2, -0.15) is 0 Å². The number of nitrogens with zero attached hydrogens (tertiary/aromatic N) is 1. The molecule has 132 valence electrons. The van der Waals surface area contributed by atoms with Crippen molar-refractivity contribution in [1.29, 1.82) is 0 Å². The number of nitrogens with one attached hydrogen (secondary N) is 1. The van der Waals surface area contributed by atoms with E-state index >= 15 is 0 Å². The Morgan fingerprint density at radius 2 is 1.75 bits per heavy atom. The highest BCUT2D eigenvalue weighted by Gasteiger charge is 2.34. The molecule has 5 heteroatoms. The number of aryl methyl sites for hydroxylation is 1. The molecule has 1 heterocycles. The van der Waals surface area contributed by atoms with Crippen LogP contribution < -0.4 is 5.32 Å². The molecule has 1 N–H and O–H groups in total. The minimum Gasteiger partial charge on any atom is -0.350 e. The zero-order valence-corrected chi connectivity index (χ0v) is 15.1. The van der Waals surface area contributed by atoms with Gasteiger partial charge in [0.15, 0.2) is 0 Å². The summed E-state index contributed by atoms with van der Waals surface area (Å²) < 4.78 is 0. The van der Waals surface area contributed by atoms with Crippen LogP contribution in [0.2, 0.25) is 0 Å². The van der Waals surface area contributed by atoms with Gasteiger partial charge in [0, 0.05) is 31.0 Å². The molecular formula is C19H28N2O3. The third-order valence-corrected chi connectivity index (χ3v) is 3.90. The zero-order valence-electron chi connectivity index (χ0n) is 15.1. The molecular weight excluding hydrogens is 304 g/mol. The van der Waals surface area contributed by atoms with Crippen molar-refractivity contribution in [3.63, 3.8) is 0 Å². The van der Waals surface area contributed by atoms with Crippen LogP contribution >= 0.6 is 0 Å². The molecule has 1 unspecified atom stereocenters. The molecule has 0 aliphatic carbocycles. The maximum absolute atomic E-state index is 11.9. The molecule has 1 fully saturated rings. The van der Waals surface area contributed by atoms with Gasteiger partial charge in [0.2, 0.25) is 11.8 Å². The van der Waals surface area contributed by atoms with Gasteiger partial charge < -0.3 is 5.32 Å². The summed E-state index contributed by atoms with van der Waals surface area (Å²) in [5.41, 5.74) is 1.66. The van der Waals surface area contributed by atoms with Gasteiger partial charge in [0.1, 0.15) is 0 Å². The topological polar surface area (TPSA) is 66.5 Å². The van der Waals surface area contributed by atoms with Crippen molar-refractivity contribution in [2.45, 2.75) is 47.0 Å². The van der Waals surface area contributed by atoms with E-state index in [-0.39, 0.29) is 43.1 Å². The summed E-state index contributed by atoms with van der Waals surface area (Å²) in [7, 11) is 0. The monoisotopic (exact) mass is 332 g/mol. The van der Waals surface area contributed by atoms with Crippen LogP contribution in [0.25, 0.3) is 0 Å². The van der Waals surface area contributed by atoms with E-state index in [1.807, 2.05) is 19.1 Å². The predicted molar refractivity (Wildman–Crippen MR) is 94.6 cm³/mol. The summed E-state index contributed by atoms with van der Waals surface area (Å²) in [5, 5.41) is 2.72. The van der Waals surface area contributed by atoms with Gasteiger partial charge >= 0.3 is 0 Å². The minimum absolute atomic E-state index is 0.153. The maximum Gasteiger partial charge on any atom is 0.251 e. The van der Waals surface area contributed by atoms with Gasteiger partial charge in [-0.05, 0) is 19.1 Å². The van der Waals surface area contributed by atoms with Crippen LogP contribution in [0.1, 0.15) is 56.0 Å². The van der Waals surface area contributed by atoms with Crippen LogP contribution in [0.3, 0.4) is 0 Å². The Morgan fingerprint density at radius 3 is 2.21 bits per heavy atom. The Labute approximate surface area is 144 Å². The molecule has 1 aromatic carbocycles. The van der Waals surface area contributed by atoms with E-state index in [9.17, 15) is 14.4 Å². The number of hydrogen-bond acceptors (Lipinski definition) is 3. The van der Waals surface area contributed by atoms with Crippen molar-refractivity contribution in [2.75, 3.05) is 13.1 Å².